The topological polar surface area (TPSA) is 46.9 Å². The maximum Gasteiger partial charge on any atom is 0.416 e. The summed E-state index contributed by atoms with van der Waals surface area (Å²) in [4.78, 5) is 16.4. The van der Waals surface area contributed by atoms with Crippen molar-refractivity contribution in [3.8, 4) is 0 Å². The summed E-state index contributed by atoms with van der Waals surface area (Å²) in [6.07, 6.45) is -1.44. The molecule has 0 spiro atoms. The van der Waals surface area contributed by atoms with Crippen LogP contribution < -0.4 is 10.9 Å². The van der Waals surface area contributed by atoms with Crippen LogP contribution in [0.1, 0.15) is 24.4 Å². The van der Waals surface area contributed by atoms with E-state index in [-0.39, 0.29) is 22.5 Å². The lowest BCUT2D eigenvalue weighted by Crippen LogP contribution is -2.34. The normalized spacial score (nSPS) is 17.3. The fraction of sp³-hybridized carbons (Fsp3) is 0.429. The van der Waals surface area contributed by atoms with Gasteiger partial charge in [-0.25, -0.2) is 4.98 Å². The molecule has 112 valence electrons. The molecule has 3 rings (SSSR count). The highest BCUT2D eigenvalue weighted by Crippen LogP contribution is 2.30. The van der Waals surface area contributed by atoms with E-state index in [4.69, 9.17) is 0 Å². The predicted octanol–water partition coefficient (Wildman–Crippen LogP) is 2.34. The highest BCUT2D eigenvalue weighted by atomic mass is 19.4. The van der Waals surface area contributed by atoms with Crippen molar-refractivity contribution in [2.45, 2.75) is 25.1 Å². The first-order chi connectivity index (χ1) is 9.97. The van der Waals surface area contributed by atoms with Gasteiger partial charge in [0.25, 0.3) is 5.56 Å². The van der Waals surface area contributed by atoms with Crippen LogP contribution in [0.5, 0.6) is 0 Å². The minimum absolute atomic E-state index is 0.0537. The van der Waals surface area contributed by atoms with E-state index >= 15 is 0 Å². The zero-order valence-corrected chi connectivity index (χ0v) is 11.2. The van der Waals surface area contributed by atoms with Crippen molar-refractivity contribution in [3.63, 3.8) is 0 Å². The number of halogens is 3. The molecule has 7 heteroatoms. The zero-order valence-electron chi connectivity index (χ0n) is 11.2. The SMILES string of the molecule is O=c1c2ccc(C(F)(F)F)cc2ncn1C1CCNCC1. The van der Waals surface area contributed by atoms with Gasteiger partial charge >= 0.3 is 6.18 Å². The maximum absolute atomic E-state index is 12.7. The van der Waals surface area contributed by atoms with E-state index in [1.807, 2.05) is 0 Å². The summed E-state index contributed by atoms with van der Waals surface area (Å²) in [5, 5.41) is 3.43. The predicted molar refractivity (Wildman–Crippen MR) is 72.1 cm³/mol. The third kappa shape index (κ3) is 2.65. The van der Waals surface area contributed by atoms with E-state index in [1.165, 1.54) is 17.0 Å². The summed E-state index contributed by atoms with van der Waals surface area (Å²) < 4.78 is 39.5. The van der Waals surface area contributed by atoms with Gasteiger partial charge in [0.1, 0.15) is 0 Å². The van der Waals surface area contributed by atoms with Crippen molar-refractivity contribution in [1.82, 2.24) is 14.9 Å². The molecule has 1 aromatic heterocycles. The van der Waals surface area contributed by atoms with E-state index in [2.05, 4.69) is 10.3 Å². The van der Waals surface area contributed by atoms with E-state index in [9.17, 15) is 18.0 Å². The number of piperidine rings is 1. The Bertz CT molecular complexity index is 717. The highest BCUT2D eigenvalue weighted by Gasteiger charge is 2.31. The number of aromatic nitrogens is 2. The van der Waals surface area contributed by atoms with Crippen molar-refractivity contribution in [3.05, 3.63) is 40.4 Å². The van der Waals surface area contributed by atoms with Gasteiger partial charge in [-0.1, -0.05) is 0 Å². The summed E-state index contributed by atoms with van der Waals surface area (Å²) in [5.41, 5.74) is -0.984. The molecule has 1 N–H and O–H groups in total. The number of fused-ring (bicyclic) bond motifs is 1. The van der Waals surface area contributed by atoms with Gasteiger partial charge in [-0.15, -0.1) is 0 Å². The third-order valence-corrected chi connectivity index (χ3v) is 3.81. The maximum atomic E-state index is 12.7. The van der Waals surface area contributed by atoms with Crippen molar-refractivity contribution < 1.29 is 13.2 Å². The number of rotatable bonds is 1. The average Bonchev–Trinajstić information content (AvgIpc) is 2.47. The Morgan fingerprint density at radius 2 is 1.95 bits per heavy atom. The van der Waals surface area contributed by atoms with Gasteiger partial charge in [0.05, 0.1) is 22.8 Å². The van der Waals surface area contributed by atoms with Gasteiger partial charge in [-0.2, -0.15) is 13.2 Å². The van der Waals surface area contributed by atoms with Crippen LogP contribution in [0, 0.1) is 0 Å². The molecular weight excluding hydrogens is 283 g/mol. The quantitative estimate of drug-likeness (QED) is 0.879. The second-order valence-corrected chi connectivity index (χ2v) is 5.17. The number of hydrogen-bond acceptors (Lipinski definition) is 3. The lowest BCUT2D eigenvalue weighted by molar-refractivity contribution is -0.137. The van der Waals surface area contributed by atoms with Crippen LogP contribution in [-0.2, 0) is 6.18 Å². The monoisotopic (exact) mass is 297 g/mol. The van der Waals surface area contributed by atoms with E-state index in [0.29, 0.717) is 0 Å². The standard InChI is InChI=1S/C14H14F3N3O/c15-14(16,17)9-1-2-11-12(7-9)19-8-20(13(11)21)10-3-5-18-6-4-10/h1-2,7-8,10,18H,3-6H2. The lowest BCUT2D eigenvalue weighted by Gasteiger charge is -2.24. The Kier molecular flexibility index (Phi) is 3.44. The van der Waals surface area contributed by atoms with Crippen molar-refractivity contribution in [1.29, 1.82) is 0 Å². The molecule has 4 nitrogen and oxygen atoms in total. The second-order valence-electron chi connectivity index (χ2n) is 5.17. The van der Waals surface area contributed by atoms with Crippen LogP contribution >= 0.6 is 0 Å². The van der Waals surface area contributed by atoms with Crippen LogP contribution in [0.25, 0.3) is 10.9 Å². The smallest absolute Gasteiger partial charge is 0.317 e. The van der Waals surface area contributed by atoms with E-state index in [1.54, 1.807) is 0 Å². The third-order valence-electron chi connectivity index (χ3n) is 3.81. The highest BCUT2D eigenvalue weighted by molar-refractivity contribution is 5.78. The Morgan fingerprint density at radius 3 is 2.62 bits per heavy atom. The molecule has 0 unspecified atom stereocenters. The first kappa shape index (κ1) is 14.1. The molecule has 2 heterocycles. The van der Waals surface area contributed by atoms with Gasteiger partial charge in [0.2, 0.25) is 0 Å². The molecule has 1 fully saturated rings. The van der Waals surface area contributed by atoms with Gasteiger partial charge in [-0.05, 0) is 44.1 Å². The molecule has 0 radical (unpaired) electrons. The van der Waals surface area contributed by atoms with Gasteiger partial charge in [0.15, 0.2) is 0 Å². The molecule has 2 aromatic rings. The Balaban J connectivity index is 2.07. The van der Waals surface area contributed by atoms with E-state index < -0.39 is 11.7 Å². The molecule has 1 aliphatic heterocycles. The first-order valence-corrected chi connectivity index (χ1v) is 6.75. The fourth-order valence-corrected chi connectivity index (χ4v) is 2.66. The van der Waals surface area contributed by atoms with Crippen LogP contribution in [0.2, 0.25) is 0 Å². The molecule has 1 aliphatic rings. The Hall–Kier alpha value is -1.89. The van der Waals surface area contributed by atoms with Crippen LogP contribution in [0.15, 0.2) is 29.3 Å². The Labute approximate surface area is 118 Å². The second kappa shape index (κ2) is 5.14. The molecule has 0 atom stereocenters. The molecule has 0 bridgehead atoms. The molecule has 1 saturated heterocycles. The fourth-order valence-electron chi connectivity index (χ4n) is 2.66. The van der Waals surface area contributed by atoms with Gasteiger partial charge in [0, 0.05) is 6.04 Å². The van der Waals surface area contributed by atoms with Crippen LogP contribution in [0.4, 0.5) is 13.2 Å². The molecule has 0 saturated carbocycles. The number of hydrogen-bond donors (Lipinski definition) is 1. The molecule has 21 heavy (non-hydrogen) atoms. The van der Waals surface area contributed by atoms with Crippen LogP contribution in [0.3, 0.4) is 0 Å². The minimum Gasteiger partial charge on any atom is -0.317 e. The Morgan fingerprint density at radius 1 is 1.24 bits per heavy atom. The van der Waals surface area contributed by atoms with Gasteiger partial charge < -0.3 is 5.32 Å². The largest absolute Gasteiger partial charge is 0.416 e. The summed E-state index contributed by atoms with van der Waals surface area (Å²) in [5.74, 6) is 0. The van der Waals surface area contributed by atoms with Crippen LogP contribution in [-0.4, -0.2) is 22.6 Å². The average molecular weight is 297 g/mol. The summed E-state index contributed by atoms with van der Waals surface area (Å²) in [7, 11) is 0. The first-order valence-electron chi connectivity index (χ1n) is 6.75. The van der Waals surface area contributed by atoms with Gasteiger partial charge in [-0.3, -0.25) is 9.36 Å². The summed E-state index contributed by atoms with van der Waals surface area (Å²) in [6.45, 7) is 1.64. The lowest BCUT2D eigenvalue weighted by atomic mass is 10.1. The number of benzene rings is 1. The minimum atomic E-state index is -4.43. The number of nitrogens with one attached hydrogen (secondary N) is 1. The summed E-state index contributed by atoms with van der Waals surface area (Å²) >= 11 is 0. The van der Waals surface area contributed by atoms with Crippen molar-refractivity contribution >= 4 is 10.9 Å². The molecule has 0 amide bonds. The summed E-state index contributed by atoms with van der Waals surface area (Å²) in [6, 6.07) is 3.12. The molecular formula is C14H14F3N3O. The van der Waals surface area contributed by atoms with E-state index in [0.717, 1.165) is 38.1 Å². The molecule has 0 aliphatic carbocycles. The molecule has 1 aromatic carbocycles. The zero-order chi connectivity index (χ0) is 15.0. The van der Waals surface area contributed by atoms with Crippen molar-refractivity contribution in [2.24, 2.45) is 0 Å². The number of alkyl halides is 3. The number of nitrogens with zero attached hydrogens (tertiary/aromatic N) is 2. The van der Waals surface area contributed by atoms with Crippen molar-refractivity contribution in [2.75, 3.05) is 13.1 Å².